The van der Waals surface area contributed by atoms with Crippen molar-refractivity contribution in [1.82, 2.24) is 20.4 Å². The number of hydrogen-bond acceptors (Lipinski definition) is 4. The van der Waals surface area contributed by atoms with Gasteiger partial charge in [0.25, 0.3) is 0 Å². The number of H-pyrrole nitrogens is 2. The van der Waals surface area contributed by atoms with Crippen LogP contribution in [-0.2, 0) is 0 Å². The molecule has 1 aliphatic rings. The minimum atomic E-state index is -0.453. The summed E-state index contributed by atoms with van der Waals surface area (Å²) < 4.78 is 14.1. The molecule has 3 heterocycles. The second kappa shape index (κ2) is 4.42. The lowest BCUT2D eigenvalue weighted by molar-refractivity contribution is 0.625. The molecule has 0 amide bonds. The summed E-state index contributed by atoms with van der Waals surface area (Å²) in [6, 6.07) is 4.50. The molecule has 0 unspecified atom stereocenters. The summed E-state index contributed by atoms with van der Waals surface area (Å²) in [4.78, 5) is 4.42. The highest BCUT2D eigenvalue weighted by Gasteiger charge is 2.23. The van der Waals surface area contributed by atoms with Gasteiger partial charge in [-0.25, -0.2) is 9.38 Å². The average molecular weight is 303 g/mol. The number of fused-ring (bicyclic) bond motifs is 3. The molecule has 4 rings (SSSR count). The highest BCUT2D eigenvalue weighted by Crippen LogP contribution is 2.35. The Morgan fingerprint density at radius 1 is 1.05 bits per heavy atom. The van der Waals surface area contributed by atoms with Crippen molar-refractivity contribution in [2.45, 2.75) is 0 Å². The van der Waals surface area contributed by atoms with Gasteiger partial charge >= 0.3 is 0 Å². The van der Waals surface area contributed by atoms with E-state index in [1.165, 1.54) is 6.07 Å². The number of aromatic amines is 2. The fraction of sp³-hybridized carbons (Fsp3) is 0. The number of halogens is 2. The molecule has 8 heteroatoms. The third-order valence-electron chi connectivity index (χ3n) is 3.19. The van der Waals surface area contributed by atoms with Gasteiger partial charge in [-0.05, 0) is 12.1 Å². The standard InChI is InChI=1S/C13H8ClFN6/c14-6-2-1-3-7(15)10(6)13-18-8-4-16-20-11(8)12-9(19-13)5-17-21-12/h1-5H,(H,16,20)(H,17,21)(H,18,19). The van der Waals surface area contributed by atoms with Crippen LogP contribution in [0.4, 0.5) is 15.8 Å². The highest BCUT2D eigenvalue weighted by molar-refractivity contribution is 6.35. The summed E-state index contributed by atoms with van der Waals surface area (Å²) in [6.45, 7) is 0. The number of aliphatic imine (C=N–C) groups is 1. The Bertz CT molecular complexity index is 845. The zero-order valence-corrected chi connectivity index (χ0v) is 11.2. The maximum Gasteiger partial charge on any atom is 0.143 e. The topological polar surface area (TPSA) is 81.8 Å². The summed E-state index contributed by atoms with van der Waals surface area (Å²) in [5.74, 6) is -0.147. The van der Waals surface area contributed by atoms with E-state index >= 15 is 0 Å². The normalized spacial score (nSPS) is 13.0. The summed E-state index contributed by atoms with van der Waals surface area (Å²) in [5.41, 5.74) is 2.82. The van der Waals surface area contributed by atoms with Gasteiger partial charge in [0, 0.05) is 0 Å². The second-order valence-electron chi connectivity index (χ2n) is 4.47. The Balaban J connectivity index is 1.97. The van der Waals surface area contributed by atoms with Gasteiger partial charge in [-0.15, -0.1) is 0 Å². The molecule has 0 fully saturated rings. The van der Waals surface area contributed by atoms with Crippen molar-refractivity contribution >= 4 is 28.8 Å². The van der Waals surface area contributed by atoms with E-state index in [2.05, 4.69) is 30.7 Å². The summed E-state index contributed by atoms with van der Waals surface area (Å²) in [7, 11) is 0. The van der Waals surface area contributed by atoms with Crippen LogP contribution in [0.5, 0.6) is 0 Å². The molecule has 0 atom stereocenters. The zero-order valence-electron chi connectivity index (χ0n) is 10.5. The molecule has 0 saturated heterocycles. The fourth-order valence-corrected chi connectivity index (χ4v) is 2.49. The van der Waals surface area contributed by atoms with E-state index in [1.54, 1.807) is 24.5 Å². The lowest BCUT2D eigenvalue weighted by atomic mass is 10.2. The van der Waals surface area contributed by atoms with Crippen LogP contribution in [0.25, 0.3) is 11.4 Å². The van der Waals surface area contributed by atoms with E-state index in [9.17, 15) is 4.39 Å². The van der Waals surface area contributed by atoms with Gasteiger partial charge in [-0.1, -0.05) is 17.7 Å². The molecule has 1 aliphatic heterocycles. The fourth-order valence-electron chi connectivity index (χ4n) is 2.24. The van der Waals surface area contributed by atoms with E-state index in [0.717, 1.165) is 0 Å². The maximum absolute atomic E-state index is 14.1. The SMILES string of the molecule is Fc1cccc(Cl)c1C1=Nc2cn[nH]c2-c2[nH]ncc2N1. The van der Waals surface area contributed by atoms with Crippen molar-refractivity contribution in [2.75, 3.05) is 5.32 Å². The van der Waals surface area contributed by atoms with Gasteiger partial charge in [0.15, 0.2) is 0 Å². The van der Waals surface area contributed by atoms with E-state index in [4.69, 9.17) is 11.6 Å². The largest absolute Gasteiger partial charge is 0.336 e. The number of nitrogens with one attached hydrogen (secondary N) is 3. The summed E-state index contributed by atoms with van der Waals surface area (Å²) in [5, 5.41) is 17.0. The lowest BCUT2D eigenvalue weighted by Gasteiger charge is -2.10. The minimum Gasteiger partial charge on any atom is -0.336 e. The molecule has 6 nitrogen and oxygen atoms in total. The predicted molar refractivity (Wildman–Crippen MR) is 77.4 cm³/mol. The first-order valence-corrected chi connectivity index (χ1v) is 6.49. The average Bonchev–Trinajstić information content (AvgIpc) is 3.05. The first kappa shape index (κ1) is 12.1. The quantitative estimate of drug-likeness (QED) is 0.646. The van der Waals surface area contributed by atoms with Gasteiger partial charge in [-0.3, -0.25) is 10.2 Å². The maximum atomic E-state index is 14.1. The molecular formula is C13H8ClFN6. The number of anilines is 1. The molecule has 21 heavy (non-hydrogen) atoms. The third-order valence-corrected chi connectivity index (χ3v) is 3.51. The molecule has 1 aromatic carbocycles. The minimum absolute atomic E-state index is 0.209. The zero-order chi connectivity index (χ0) is 14.4. The number of nitrogens with zero attached hydrogens (tertiary/aromatic N) is 3. The van der Waals surface area contributed by atoms with Crippen LogP contribution < -0.4 is 5.32 Å². The van der Waals surface area contributed by atoms with Gasteiger partial charge in [0.2, 0.25) is 0 Å². The van der Waals surface area contributed by atoms with Crippen LogP contribution in [0, 0.1) is 5.82 Å². The molecule has 3 aromatic rings. The van der Waals surface area contributed by atoms with E-state index in [-0.39, 0.29) is 10.6 Å². The van der Waals surface area contributed by atoms with Crippen molar-refractivity contribution in [1.29, 1.82) is 0 Å². The van der Waals surface area contributed by atoms with Crippen LogP contribution in [0.2, 0.25) is 5.02 Å². The summed E-state index contributed by atoms with van der Waals surface area (Å²) in [6.07, 6.45) is 3.15. The smallest absolute Gasteiger partial charge is 0.143 e. The van der Waals surface area contributed by atoms with Gasteiger partial charge in [0.05, 0.1) is 28.7 Å². The first-order chi connectivity index (χ1) is 10.2. The summed E-state index contributed by atoms with van der Waals surface area (Å²) >= 11 is 6.11. The van der Waals surface area contributed by atoms with Crippen LogP contribution in [0.3, 0.4) is 0 Å². The number of aromatic nitrogens is 4. The number of benzene rings is 1. The molecule has 0 radical (unpaired) electrons. The Morgan fingerprint density at radius 3 is 2.71 bits per heavy atom. The number of hydrogen-bond donors (Lipinski definition) is 3. The molecule has 3 N–H and O–H groups in total. The van der Waals surface area contributed by atoms with Crippen molar-refractivity contribution < 1.29 is 4.39 Å². The highest BCUT2D eigenvalue weighted by atomic mass is 35.5. The molecular weight excluding hydrogens is 295 g/mol. The lowest BCUT2D eigenvalue weighted by Crippen LogP contribution is -2.15. The Hall–Kier alpha value is -2.67. The van der Waals surface area contributed by atoms with Crippen molar-refractivity contribution in [2.24, 2.45) is 4.99 Å². The molecule has 2 aromatic heterocycles. The molecule has 0 saturated carbocycles. The third kappa shape index (κ3) is 1.82. The number of rotatable bonds is 1. The molecule has 0 aliphatic carbocycles. The van der Waals surface area contributed by atoms with Gasteiger partial charge < -0.3 is 5.32 Å². The monoisotopic (exact) mass is 302 g/mol. The predicted octanol–water partition coefficient (Wildman–Crippen LogP) is 3.10. The van der Waals surface area contributed by atoms with Crippen LogP contribution >= 0.6 is 11.6 Å². The Kier molecular flexibility index (Phi) is 2.55. The second-order valence-corrected chi connectivity index (χ2v) is 4.88. The molecule has 0 spiro atoms. The molecule has 104 valence electrons. The Labute approximate surface area is 123 Å². The van der Waals surface area contributed by atoms with E-state index in [1.807, 2.05) is 0 Å². The van der Waals surface area contributed by atoms with Crippen LogP contribution in [0.15, 0.2) is 35.6 Å². The Morgan fingerprint density at radius 2 is 1.86 bits per heavy atom. The molecule has 0 bridgehead atoms. The van der Waals surface area contributed by atoms with E-state index in [0.29, 0.717) is 28.6 Å². The van der Waals surface area contributed by atoms with Crippen LogP contribution in [0.1, 0.15) is 5.56 Å². The van der Waals surface area contributed by atoms with Crippen molar-refractivity contribution in [3.05, 3.63) is 47.0 Å². The van der Waals surface area contributed by atoms with Gasteiger partial charge in [0.1, 0.15) is 28.7 Å². The van der Waals surface area contributed by atoms with Crippen molar-refractivity contribution in [3.8, 4) is 11.4 Å². The van der Waals surface area contributed by atoms with Crippen molar-refractivity contribution in [3.63, 3.8) is 0 Å². The van der Waals surface area contributed by atoms with Crippen LogP contribution in [-0.4, -0.2) is 26.2 Å². The van der Waals surface area contributed by atoms with E-state index < -0.39 is 5.82 Å². The first-order valence-electron chi connectivity index (χ1n) is 6.11. The number of amidine groups is 1. The van der Waals surface area contributed by atoms with Gasteiger partial charge in [-0.2, -0.15) is 10.2 Å².